The van der Waals surface area contributed by atoms with Crippen LogP contribution in [0.2, 0.25) is 0 Å². The lowest BCUT2D eigenvalue weighted by atomic mass is 10.4. The molecule has 0 atom stereocenters. The molecule has 1 N–H and O–H groups in total. The number of aromatic nitrogens is 1. The van der Waals surface area contributed by atoms with Crippen molar-refractivity contribution in [1.82, 2.24) is 10.3 Å². The molecule has 0 aromatic carbocycles. The first-order chi connectivity index (χ1) is 7.83. The predicted molar refractivity (Wildman–Crippen MR) is 70.1 cm³/mol. The van der Waals surface area contributed by atoms with E-state index in [0.29, 0.717) is 0 Å². The van der Waals surface area contributed by atoms with E-state index in [1.165, 1.54) is 24.3 Å². The second-order valence-electron chi connectivity index (χ2n) is 4.36. The van der Waals surface area contributed by atoms with E-state index in [9.17, 15) is 0 Å². The van der Waals surface area contributed by atoms with Crippen LogP contribution in [-0.2, 0) is 6.54 Å². The Labute approximate surface area is 102 Å². The quantitative estimate of drug-likeness (QED) is 0.792. The second kappa shape index (κ2) is 5.64. The molecule has 2 rings (SSSR count). The SMILES string of the molecule is CCN(CC)c1ncc(CNCC2CC2)s1. The van der Waals surface area contributed by atoms with Crippen LogP contribution in [0.1, 0.15) is 31.6 Å². The van der Waals surface area contributed by atoms with Crippen molar-refractivity contribution in [3.63, 3.8) is 0 Å². The number of thiazole rings is 1. The minimum Gasteiger partial charge on any atom is -0.349 e. The maximum atomic E-state index is 4.48. The first-order valence-corrected chi connectivity index (χ1v) is 7.05. The van der Waals surface area contributed by atoms with Crippen LogP contribution in [0.4, 0.5) is 5.13 Å². The summed E-state index contributed by atoms with van der Waals surface area (Å²) in [6.45, 7) is 8.59. The fraction of sp³-hybridized carbons (Fsp3) is 0.750. The van der Waals surface area contributed by atoms with Crippen LogP contribution in [-0.4, -0.2) is 24.6 Å². The average molecular weight is 239 g/mol. The molecule has 3 nitrogen and oxygen atoms in total. The van der Waals surface area contributed by atoms with Gasteiger partial charge in [-0.2, -0.15) is 0 Å². The van der Waals surface area contributed by atoms with Gasteiger partial charge in [-0.3, -0.25) is 0 Å². The zero-order valence-corrected chi connectivity index (χ0v) is 11.0. The fourth-order valence-electron chi connectivity index (χ4n) is 1.74. The van der Waals surface area contributed by atoms with Crippen LogP contribution in [0.5, 0.6) is 0 Å². The first kappa shape index (κ1) is 11.9. The highest BCUT2D eigenvalue weighted by atomic mass is 32.1. The van der Waals surface area contributed by atoms with E-state index in [2.05, 4.69) is 29.0 Å². The van der Waals surface area contributed by atoms with Crippen molar-refractivity contribution >= 4 is 16.5 Å². The number of hydrogen-bond donors (Lipinski definition) is 1. The van der Waals surface area contributed by atoms with E-state index >= 15 is 0 Å². The molecule has 0 spiro atoms. The predicted octanol–water partition coefficient (Wildman–Crippen LogP) is 2.49. The van der Waals surface area contributed by atoms with Crippen LogP contribution in [0.25, 0.3) is 0 Å². The van der Waals surface area contributed by atoms with Crippen molar-refractivity contribution in [2.24, 2.45) is 5.92 Å². The monoisotopic (exact) mass is 239 g/mol. The van der Waals surface area contributed by atoms with Gasteiger partial charge in [0.1, 0.15) is 0 Å². The van der Waals surface area contributed by atoms with E-state index in [-0.39, 0.29) is 0 Å². The lowest BCUT2D eigenvalue weighted by molar-refractivity contribution is 0.643. The molecular formula is C12H21N3S. The standard InChI is InChI=1S/C12H21N3S/c1-3-15(4-2)12-14-9-11(16-12)8-13-7-10-5-6-10/h9-10,13H,3-8H2,1-2H3. The van der Waals surface area contributed by atoms with Crippen molar-refractivity contribution in [3.8, 4) is 0 Å². The van der Waals surface area contributed by atoms with Gasteiger partial charge >= 0.3 is 0 Å². The second-order valence-corrected chi connectivity index (χ2v) is 5.45. The number of hydrogen-bond acceptors (Lipinski definition) is 4. The highest BCUT2D eigenvalue weighted by Gasteiger charge is 2.20. The summed E-state index contributed by atoms with van der Waals surface area (Å²) in [6.07, 6.45) is 4.85. The summed E-state index contributed by atoms with van der Waals surface area (Å²) in [5.41, 5.74) is 0. The molecule has 4 heteroatoms. The van der Waals surface area contributed by atoms with Crippen molar-refractivity contribution in [2.45, 2.75) is 33.2 Å². The highest BCUT2D eigenvalue weighted by molar-refractivity contribution is 7.15. The number of rotatable bonds is 7. The van der Waals surface area contributed by atoms with Gasteiger partial charge in [-0.05, 0) is 39.2 Å². The van der Waals surface area contributed by atoms with Crippen LogP contribution in [0.3, 0.4) is 0 Å². The van der Waals surface area contributed by atoms with Crippen molar-refractivity contribution in [1.29, 1.82) is 0 Å². The van der Waals surface area contributed by atoms with Crippen molar-refractivity contribution < 1.29 is 0 Å². The van der Waals surface area contributed by atoms with Crippen LogP contribution in [0, 0.1) is 5.92 Å². The van der Waals surface area contributed by atoms with Crippen LogP contribution in [0.15, 0.2) is 6.20 Å². The van der Waals surface area contributed by atoms with Gasteiger partial charge in [-0.25, -0.2) is 4.98 Å². The maximum absolute atomic E-state index is 4.48. The zero-order valence-electron chi connectivity index (χ0n) is 10.2. The Bertz CT molecular complexity index is 316. The van der Waals surface area contributed by atoms with Crippen LogP contribution >= 0.6 is 11.3 Å². The summed E-state index contributed by atoms with van der Waals surface area (Å²) in [5, 5.41) is 4.66. The smallest absolute Gasteiger partial charge is 0.185 e. The lowest BCUT2D eigenvalue weighted by Crippen LogP contribution is -2.21. The third-order valence-electron chi connectivity index (χ3n) is 3.00. The Morgan fingerprint density at radius 1 is 1.44 bits per heavy atom. The lowest BCUT2D eigenvalue weighted by Gasteiger charge is -2.16. The zero-order chi connectivity index (χ0) is 11.4. The van der Waals surface area contributed by atoms with Gasteiger partial charge in [-0.1, -0.05) is 0 Å². The Balaban J connectivity index is 1.80. The van der Waals surface area contributed by atoms with E-state index < -0.39 is 0 Å². The van der Waals surface area contributed by atoms with E-state index in [0.717, 1.165) is 30.7 Å². The van der Waals surface area contributed by atoms with Crippen molar-refractivity contribution in [2.75, 3.05) is 24.5 Å². The Morgan fingerprint density at radius 3 is 2.81 bits per heavy atom. The average Bonchev–Trinajstić information content (AvgIpc) is 3.00. The molecule has 0 saturated heterocycles. The van der Waals surface area contributed by atoms with Gasteiger partial charge in [0.05, 0.1) is 0 Å². The summed E-state index contributed by atoms with van der Waals surface area (Å²) < 4.78 is 0. The molecule has 1 heterocycles. The molecule has 0 aliphatic heterocycles. The summed E-state index contributed by atoms with van der Waals surface area (Å²) in [7, 11) is 0. The Kier molecular flexibility index (Phi) is 4.18. The van der Waals surface area contributed by atoms with Crippen LogP contribution < -0.4 is 10.2 Å². The van der Waals surface area contributed by atoms with Gasteiger partial charge in [0.2, 0.25) is 0 Å². The molecule has 0 unspecified atom stereocenters. The summed E-state index contributed by atoms with van der Waals surface area (Å²) in [6, 6.07) is 0. The molecule has 1 aliphatic carbocycles. The molecule has 1 saturated carbocycles. The fourth-order valence-corrected chi connectivity index (χ4v) is 2.75. The van der Waals surface area contributed by atoms with Gasteiger partial charge < -0.3 is 10.2 Å². The van der Waals surface area contributed by atoms with Gasteiger partial charge in [0, 0.05) is 30.7 Å². The van der Waals surface area contributed by atoms with Gasteiger partial charge in [0.25, 0.3) is 0 Å². The Morgan fingerprint density at radius 2 is 2.19 bits per heavy atom. The third kappa shape index (κ3) is 3.19. The van der Waals surface area contributed by atoms with E-state index in [4.69, 9.17) is 0 Å². The molecular weight excluding hydrogens is 218 g/mol. The molecule has 1 aliphatic rings. The van der Waals surface area contributed by atoms with Gasteiger partial charge in [0.15, 0.2) is 5.13 Å². The number of nitrogens with one attached hydrogen (secondary N) is 1. The maximum Gasteiger partial charge on any atom is 0.185 e. The molecule has 1 fully saturated rings. The largest absolute Gasteiger partial charge is 0.349 e. The topological polar surface area (TPSA) is 28.2 Å². The summed E-state index contributed by atoms with van der Waals surface area (Å²) in [5.74, 6) is 0.954. The third-order valence-corrected chi connectivity index (χ3v) is 4.06. The minimum atomic E-state index is 0.954. The number of nitrogens with zero attached hydrogens (tertiary/aromatic N) is 2. The molecule has 0 amide bonds. The summed E-state index contributed by atoms with van der Waals surface area (Å²) in [4.78, 5) is 8.13. The normalized spacial score (nSPS) is 15.4. The highest BCUT2D eigenvalue weighted by Crippen LogP contribution is 2.28. The van der Waals surface area contributed by atoms with E-state index in [1.54, 1.807) is 0 Å². The molecule has 0 radical (unpaired) electrons. The molecule has 90 valence electrons. The molecule has 0 bridgehead atoms. The Hall–Kier alpha value is -0.610. The number of anilines is 1. The minimum absolute atomic E-state index is 0.954. The van der Waals surface area contributed by atoms with E-state index in [1.807, 2.05) is 17.5 Å². The first-order valence-electron chi connectivity index (χ1n) is 6.23. The van der Waals surface area contributed by atoms with Crippen molar-refractivity contribution in [3.05, 3.63) is 11.1 Å². The molecule has 16 heavy (non-hydrogen) atoms. The molecule has 1 aromatic rings. The van der Waals surface area contributed by atoms with Gasteiger partial charge in [-0.15, -0.1) is 11.3 Å². The molecule has 1 aromatic heterocycles. The summed E-state index contributed by atoms with van der Waals surface area (Å²) >= 11 is 1.81.